The molecule has 1 unspecified atom stereocenters. The molecule has 0 bridgehead atoms. The SMILES string of the molecule is COc1cc(C2CC(=O)Nc3n[nH]cc32)ccc1Oc1ccc(C(C)(C)C)cc1C(C)(C)C. The molecule has 6 nitrogen and oxygen atoms in total. The molecule has 2 N–H and O–H groups in total. The topological polar surface area (TPSA) is 76.2 Å². The second kappa shape index (κ2) is 8.25. The molecule has 0 saturated carbocycles. The van der Waals surface area contributed by atoms with E-state index in [9.17, 15) is 4.79 Å². The van der Waals surface area contributed by atoms with Crippen LogP contribution in [0.25, 0.3) is 0 Å². The molecule has 0 radical (unpaired) electrons. The Bertz CT molecular complexity index is 1180. The van der Waals surface area contributed by atoms with E-state index >= 15 is 0 Å². The van der Waals surface area contributed by atoms with Crippen LogP contribution in [0.1, 0.15) is 76.1 Å². The monoisotopic (exact) mass is 447 g/mol. The number of carbonyl (C=O) groups is 1. The summed E-state index contributed by atoms with van der Waals surface area (Å²) in [5.41, 5.74) is 4.34. The largest absolute Gasteiger partial charge is 0.493 e. The molecule has 2 heterocycles. The highest BCUT2D eigenvalue weighted by molar-refractivity contribution is 5.94. The van der Waals surface area contributed by atoms with Crippen LogP contribution < -0.4 is 14.8 Å². The van der Waals surface area contributed by atoms with Gasteiger partial charge in [0, 0.05) is 29.7 Å². The fraction of sp³-hybridized carbons (Fsp3) is 0.407. The molecule has 0 fully saturated rings. The third-order valence-electron chi connectivity index (χ3n) is 6.16. The van der Waals surface area contributed by atoms with E-state index in [4.69, 9.17) is 9.47 Å². The summed E-state index contributed by atoms with van der Waals surface area (Å²) in [6, 6.07) is 12.3. The lowest BCUT2D eigenvalue weighted by molar-refractivity contribution is -0.116. The first kappa shape index (κ1) is 22.9. The summed E-state index contributed by atoms with van der Waals surface area (Å²) >= 11 is 0. The van der Waals surface area contributed by atoms with Crippen LogP contribution in [0.3, 0.4) is 0 Å². The van der Waals surface area contributed by atoms with E-state index < -0.39 is 0 Å². The predicted octanol–water partition coefficient (Wildman–Crippen LogP) is 6.28. The van der Waals surface area contributed by atoms with Gasteiger partial charge in [-0.05, 0) is 40.2 Å². The quantitative estimate of drug-likeness (QED) is 0.493. The Morgan fingerprint density at radius 3 is 2.33 bits per heavy atom. The number of aromatic amines is 1. The van der Waals surface area contributed by atoms with Crippen LogP contribution in [0.4, 0.5) is 5.82 Å². The van der Waals surface area contributed by atoms with Gasteiger partial charge in [-0.3, -0.25) is 9.89 Å². The molecule has 33 heavy (non-hydrogen) atoms. The number of aromatic nitrogens is 2. The number of fused-ring (bicyclic) bond motifs is 1. The Morgan fingerprint density at radius 1 is 0.939 bits per heavy atom. The number of amides is 1. The van der Waals surface area contributed by atoms with Crippen molar-refractivity contribution in [2.45, 2.75) is 64.7 Å². The molecule has 6 heteroatoms. The van der Waals surface area contributed by atoms with Gasteiger partial charge < -0.3 is 14.8 Å². The first-order valence-corrected chi connectivity index (χ1v) is 11.3. The van der Waals surface area contributed by atoms with Crippen LogP contribution in [-0.4, -0.2) is 23.2 Å². The summed E-state index contributed by atoms with van der Waals surface area (Å²) in [6.07, 6.45) is 2.20. The number of nitrogens with one attached hydrogen (secondary N) is 2. The van der Waals surface area contributed by atoms with E-state index in [0.717, 1.165) is 22.4 Å². The van der Waals surface area contributed by atoms with Crippen LogP contribution in [-0.2, 0) is 15.6 Å². The number of H-pyrrole nitrogens is 1. The smallest absolute Gasteiger partial charge is 0.226 e. The van der Waals surface area contributed by atoms with E-state index in [1.54, 1.807) is 7.11 Å². The second-order valence-electron chi connectivity index (χ2n) is 10.7. The molecule has 0 aliphatic carbocycles. The fourth-order valence-electron chi connectivity index (χ4n) is 4.22. The zero-order valence-corrected chi connectivity index (χ0v) is 20.5. The third kappa shape index (κ3) is 4.61. The number of hydrogen-bond acceptors (Lipinski definition) is 4. The van der Waals surface area contributed by atoms with Gasteiger partial charge in [0.25, 0.3) is 0 Å². The fourth-order valence-corrected chi connectivity index (χ4v) is 4.22. The van der Waals surface area contributed by atoms with Crippen molar-refractivity contribution in [1.82, 2.24) is 10.2 Å². The Hall–Kier alpha value is -3.28. The third-order valence-corrected chi connectivity index (χ3v) is 6.16. The first-order chi connectivity index (χ1) is 15.5. The number of hydrogen-bond donors (Lipinski definition) is 2. The molecule has 1 atom stereocenters. The standard InChI is InChI=1S/C27H33N3O3/c1-26(2,3)17-9-11-21(20(13-17)27(4,5)6)33-22-10-8-16(12-23(22)32-7)18-14-24(31)29-25-19(18)15-28-30-25/h8-13,15,18H,14H2,1-7H3,(H2,28,29,30,31). The molecule has 4 rings (SSSR count). The van der Waals surface area contributed by atoms with Gasteiger partial charge in [0.15, 0.2) is 17.3 Å². The zero-order valence-electron chi connectivity index (χ0n) is 20.5. The molecule has 174 valence electrons. The maximum atomic E-state index is 12.2. The van der Waals surface area contributed by atoms with Crippen LogP contribution >= 0.6 is 0 Å². The van der Waals surface area contributed by atoms with E-state index in [1.165, 1.54) is 5.56 Å². The van der Waals surface area contributed by atoms with Crippen LogP contribution in [0, 0.1) is 0 Å². The summed E-state index contributed by atoms with van der Waals surface area (Å²) in [6.45, 7) is 13.2. The van der Waals surface area contributed by atoms with Crippen molar-refractivity contribution < 1.29 is 14.3 Å². The first-order valence-electron chi connectivity index (χ1n) is 11.3. The van der Waals surface area contributed by atoms with Crippen molar-refractivity contribution in [2.24, 2.45) is 0 Å². The highest BCUT2D eigenvalue weighted by Crippen LogP contribution is 2.42. The lowest BCUT2D eigenvalue weighted by Crippen LogP contribution is -2.23. The van der Waals surface area contributed by atoms with Crippen molar-refractivity contribution in [3.8, 4) is 17.2 Å². The van der Waals surface area contributed by atoms with Crippen molar-refractivity contribution in [3.63, 3.8) is 0 Å². The van der Waals surface area contributed by atoms with Gasteiger partial charge in [-0.1, -0.05) is 59.7 Å². The lowest BCUT2D eigenvalue weighted by atomic mass is 9.80. The number of anilines is 1. The summed E-state index contributed by atoms with van der Waals surface area (Å²) in [7, 11) is 1.64. The number of carbonyl (C=O) groups excluding carboxylic acids is 1. The summed E-state index contributed by atoms with van der Waals surface area (Å²) in [4.78, 5) is 12.2. The van der Waals surface area contributed by atoms with Gasteiger partial charge in [0.05, 0.1) is 7.11 Å². The van der Waals surface area contributed by atoms with Gasteiger partial charge in [0.1, 0.15) is 5.75 Å². The van der Waals surface area contributed by atoms with Crippen LogP contribution in [0.2, 0.25) is 0 Å². The highest BCUT2D eigenvalue weighted by atomic mass is 16.5. The Balaban J connectivity index is 1.70. The zero-order chi connectivity index (χ0) is 24.0. The Kier molecular flexibility index (Phi) is 5.72. The van der Waals surface area contributed by atoms with Crippen molar-refractivity contribution in [2.75, 3.05) is 12.4 Å². The highest BCUT2D eigenvalue weighted by Gasteiger charge is 2.29. The minimum absolute atomic E-state index is 0.0485. The Morgan fingerprint density at radius 2 is 1.67 bits per heavy atom. The van der Waals surface area contributed by atoms with Gasteiger partial charge in [-0.2, -0.15) is 5.10 Å². The van der Waals surface area contributed by atoms with Gasteiger partial charge in [-0.25, -0.2) is 0 Å². The van der Waals surface area contributed by atoms with E-state index in [1.807, 2.05) is 24.4 Å². The minimum atomic E-state index is -0.0911. The number of nitrogens with zero attached hydrogens (tertiary/aromatic N) is 1. The van der Waals surface area contributed by atoms with E-state index in [-0.39, 0.29) is 22.7 Å². The Labute approximate surface area is 195 Å². The van der Waals surface area contributed by atoms with Crippen molar-refractivity contribution in [1.29, 1.82) is 0 Å². The summed E-state index contributed by atoms with van der Waals surface area (Å²) < 4.78 is 12.1. The number of benzene rings is 2. The molecule has 1 aliphatic heterocycles. The molecule has 1 aromatic heterocycles. The van der Waals surface area contributed by atoms with Gasteiger partial charge in [-0.15, -0.1) is 0 Å². The molecular weight excluding hydrogens is 414 g/mol. The molecule has 0 saturated heterocycles. The molecule has 3 aromatic rings. The van der Waals surface area contributed by atoms with Crippen molar-refractivity contribution in [3.05, 3.63) is 64.8 Å². The molecule has 1 aliphatic rings. The molecule has 2 aromatic carbocycles. The minimum Gasteiger partial charge on any atom is -0.493 e. The van der Waals surface area contributed by atoms with Crippen LogP contribution in [0.15, 0.2) is 42.6 Å². The van der Waals surface area contributed by atoms with Gasteiger partial charge >= 0.3 is 0 Å². The van der Waals surface area contributed by atoms with E-state index in [2.05, 4.69) is 75.3 Å². The number of rotatable bonds is 4. The van der Waals surface area contributed by atoms with Crippen molar-refractivity contribution >= 4 is 11.7 Å². The molecular formula is C27H33N3O3. The van der Waals surface area contributed by atoms with Gasteiger partial charge in [0.2, 0.25) is 5.91 Å². The average molecular weight is 448 g/mol. The lowest BCUT2D eigenvalue weighted by Gasteiger charge is -2.27. The maximum Gasteiger partial charge on any atom is 0.226 e. The van der Waals surface area contributed by atoms with E-state index in [0.29, 0.717) is 23.7 Å². The average Bonchev–Trinajstić information content (AvgIpc) is 3.20. The predicted molar refractivity (Wildman–Crippen MR) is 131 cm³/mol. The number of ether oxygens (including phenoxy) is 2. The summed E-state index contributed by atoms with van der Waals surface area (Å²) in [5, 5.41) is 9.80. The normalized spacial score (nSPS) is 16.2. The maximum absolute atomic E-state index is 12.2. The second-order valence-corrected chi connectivity index (χ2v) is 10.7. The molecule has 0 spiro atoms. The molecule has 1 amide bonds. The number of methoxy groups -OCH3 is 1. The summed E-state index contributed by atoms with van der Waals surface area (Å²) in [5.74, 6) is 2.53. The van der Waals surface area contributed by atoms with Crippen LogP contribution in [0.5, 0.6) is 17.2 Å².